The predicted octanol–water partition coefficient (Wildman–Crippen LogP) is 0.0206. The number of hydrazine groups is 2. The third-order valence-electron chi connectivity index (χ3n) is 3.02. The molecular weight excluding hydrogens is 232 g/mol. The van der Waals surface area contributed by atoms with Crippen LogP contribution >= 0.6 is 0 Å². The van der Waals surface area contributed by atoms with Gasteiger partial charge in [-0.05, 0) is 12.8 Å². The zero-order valence-corrected chi connectivity index (χ0v) is 10.8. The van der Waals surface area contributed by atoms with Gasteiger partial charge in [0.05, 0.1) is 0 Å². The Balaban J connectivity index is 1.36. The molecule has 2 aliphatic rings. The smallest absolute Gasteiger partial charge is 0.234 e. The first kappa shape index (κ1) is 13.3. The van der Waals surface area contributed by atoms with Gasteiger partial charge in [-0.15, -0.1) is 0 Å². The Labute approximate surface area is 108 Å². The van der Waals surface area contributed by atoms with Crippen LogP contribution in [0, 0.1) is 0 Å². The lowest BCUT2D eigenvalue weighted by Gasteiger charge is -2.05. The molecule has 0 atom stereocenters. The summed E-state index contributed by atoms with van der Waals surface area (Å²) >= 11 is 0. The van der Waals surface area contributed by atoms with Crippen LogP contribution in [-0.2, 0) is 9.59 Å². The lowest BCUT2D eigenvalue weighted by atomic mass is 10.1. The number of carbonyl (C=O) groups is 2. The summed E-state index contributed by atoms with van der Waals surface area (Å²) in [5, 5.41) is 3.81. The maximum absolute atomic E-state index is 11.3. The third kappa shape index (κ3) is 5.97. The van der Waals surface area contributed by atoms with Gasteiger partial charge < -0.3 is 0 Å². The van der Waals surface area contributed by atoms with Gasteiger partial charge in [0.2, 0.25) is 11.8 Å². The Kier molecular flexibility index (Phi) is 4.95. The summed E-state index contributed by atoms with van der Waals surface area (Å²) in [6.45, 7) is 3.94. The average Bonchev–Trinajstić information content (AvgIpc) is 3.19. The van der Waals surface area contributed by atoms with Crippen molar-refractivity contribution in [1.82, 2.24) is 20.9 Å². The van der Waals surface area contributed by atoms with E-state index in [1.807, 2.05) is 10.0 Å². The van der Waals surface area contributed by atoms with E-state index < -0.39 is 0 Å². The van der Waals surface area contributed by atoms with Gasteiger partial charge in [-0.3, -0.25) is 20.4 Å². The normalized spacial score (nSPS) is 18.4. The first-order valence-electron chi connectivity index (χ1n) is 6.83. The van der Waals surface area contributed by atoms with Crippen LogP contribution in [0.3, 0.4) is 0 Å². The van der Waals surface area contributed by atoms with E-state index >= 15 is 0 Å². The fourth-order valence-corrected chi connectivity index (χ4v) is 1.71. The van der Waals surface area contributed by atoms with E-state index in [0.717, 1.165) is 51.9 Å². The van der Waals surface area contributed by atoms with Gasteiger partial charge in [-0.2, -0.15) is 0 Å². The van der Waals surface area contributed by atoms with Crippen LogP contribution in [0.1, 0.15) is 38.5 Å². The second-order valence-electron chi connectivity index (χ2n) is 4.96. The van der Waals surface area contributed by atoms with Crippen LogP contribution in [0.4, 0.5) is 0 Å². The molecule has 6 heteroatoms. The predicted molar refractivity (Wildman–Crippen MR) is 67.1 cm³/mol. The summed E-state index contributed by atoms with van der Waals surface area (Å²) in [6, 6.07) is 0. The number of hydrogen-bond donors (Lipinski definition) is 2. The summed E-state index contributed by atoms with van der Waals surface area (Å²) < 4.78 is 0. The topological polar surface area (TPSA) is 64.2 Å². The van der Waals surface area contributed by atoms with Gasteiger partial charge >= 0.3 is 0 Å². The molecule has 0 spiro atoms. The zero-order valence-electron chi connectivity index (χ0n) is 10.8. The number of amides is 2. The van der Waals surface area contributed by atoms with Crippen molar-refractivity contribution in [2.75, 3.05) is 26.2 Å². The molecule has 2 rings (SSSR count). The molecule has 2 fully saturated rings. The summed E-state index contributed by atoms with van der Waals surface area (Å²) in [5.41, 5.74) is 5.63. The van der Waals surface area contributed by atoms with Crippen LogP contribution in [-0.4, -0.2) is 48.0 Å². The van der Waals surface area contributed by atoms with E-state index in [4.69, 9.17) is 0 Å². The molecule has 18 heavy (non-hydrogen) atoms. The van der Waals surface area contributed by atoms with Gasteiger partial charge in [0.25, 0.3) is 0 Å². The molecule has 0 saturated carbocycles. The van der Waals surface area contributed by atoms with E-state index in [1.165, 1.54) is 0 Å². The molecule has 0 aromatic heterocycles. The maximum Gasteiger partial charge on any atom is 0.234 e. The second kappa shape index (κ2) is 6.70. The number of carbonyl (C=O) groups excluding carboxylic acids is 2. The molecule has 0 aliphatic carbocycles. The molecule has 2 saturated heterocycles. The van der Waals surface area contributed by atoms with E-state index in [1.54, 1.807) is 0 Å². The van der Waals surface area contributed by atoms with E-state index in [9.17, 15) is 9.59 Å². The van der Waals surface area contributed by atoms with Gasteiger partial charge in [-0.25, -0.2) is 10.0 Å². The van der Waals surface area contributed by atoms with Gasteiger partial charge in [0.15, 0.2) is 0 Å². The highest BCUT2D eigenvalue weighted by molar-refractivity contribution is 5.75. The fraction of sp³-hybridized carbons (Fsp3) is 0.833. The molecule has 0 radical (unpaired) electrons. The van der Waals surface area contributed by atoms with E-state index in [-0.39, 0.29) is 11.8 Å². The Hall–Kier alpha value is -1.14. The minimum Gasteiger partial charge on any atom is -0.289 e. The van der Waals surface area contributed by atoms with Crippen molar-refractivity contribution in [2.45, 2.75) is 38.5 Å². The summed E-state index contributed by atoms with van der Waals surface area (Å²) in [5.74, 6) is 0.235. The molecule has 0 aromatic carbocycles. The standard InChI is InChI=1S/C12H22N4O2/c17-11(13-15-7-8-15)5-3-1-2-4-6-12(18)14-16-9-10-16/h1-10H2,(H,13,17)(H,14,18). The molecule has 0 unspecified atom stereocenters. The van der Waals surface area contributed by atoms with Crippen molar-refractivity contribution in [3.8, 4) is 0 Å². The van der Waals surface area contributed by atoms with Gasteiger partial charge in [-0.1, -0.05) is 12.8 Å². The molecule has 102 valence electrons. The molecule has 6 nitrogen and oxygen atoms in total. The summed E-state index contributed by atoms with van der Waals surface area (Å²) in [6.07, 6.45) is 5.04. The number of hydrogen-bond acceptors (Lipinski definition) is 4. The molecule has 2 aliphatic heterocycles. The highest BCUT2D eigenvalue weighted by Crippen LogP contribution is 2.07. The third-order valence-corrected chi connectivity index (χ3v) is 3.02. The Morgan fingerprint density at radius 2 is 1.11 bits per heavy atom. The van der Waals surface area contributed by atoms with E-state index in [0.29, 0.717) is 12.8 Å². The van der Waals surface area contributed by atoms with Crippen molar-refractivity contribution in [1.29, 1.82) is 0 Å². The fourth-order valence-electron chi connectivity index (χ4n) is 1.71. The minimum absolute atomic E-state index is 0.117. The van der Waals surface area contributed by atoms with Crippen molar-refractivity contribution in [3.63, 3.8) is 0 Å². The van der Waals surface area contributed by atoms with Crippen LogP contribution in [0.15, 0.2) is 0 Å². The molecular formula is C12H22N4O2. The SMILES string of the molecule is O=C(CCCCCCC(=O)NN1CC1)NN1CC1. The van der Waals surface area contributed by atoms with E-state index in [2.05, 4.69) is 10.9 Å². The minimum atomic E-state index is 0.117. The van der Waals surface area contributed by atoms with Gasteiger partial charge in [0, 0.05) is 39.0 Å². The summed E-state index contributed by atoms with van der Waals surface area (Å²) in [7, 11) is 0. The Morgan fingerprint density at radius 1 is 0.722 bits per heavy atom. The van der Waals surface area contributed by atoms with Crippen molar-refractivity contribution < 1.29 is 9.59 Å². The van der Waals surface area contributed by atoms with Crippen LogP contribution in [0.5, 0.6) is 0 Å². The van der Waals surface area contributed by atoms with Crippen molar-refractivity contribution in [3.05, 3.63) is 0 Å². The molecule has 2 amide bonds. The molecule has 0 bridgehead atoms. The monoisotopic (exact) mass is 254 g/mol. The number of unbranched alkanes of at least 4 members (excludes halogenated alkanes) is 3. The lowest BCUT2D eigenvalue weighted by molar-refractivity contribution is -0.124. The average molecular weight is 254 g/mol. The van der Waals surface area contributed by atoms with Crippen molar-refractivity contribution >= 4 is 11.8 Å². The number of nitrogens with one attached hydrogen (secondary N) is 2. The Bertz CT molecular complexity index is 270. The lowest BCUT2D eigenvalue weighted by Crippen LogP contribution is -2.28. The molecule has 2 heterocycles. The van der Waals surface area contributed by atoms with Crippen LogP contribution < -0.4 is 10.9 Å². The van der Waals surface area contributed by atoms with Crippen LogP contribution in [0.2, 0.25) is 0 Å². The second-order valence-corrected chi connectivity index (χ2v) is 4.96. The molecule has 0 aromatic rings. The highest BCUT2D eigenvalue weighted by Gasteiger charge is 2.19. The largest absolute Gasteiger partial charge is 0.289 e. The molecule has 2 N–H and O–H groups in total. The number of nitrogens with zero attached hydrogens (tertiary/aromatic N) is 2. The van der Waals surface area contributed by atoms with Crippen LogP contribution in [0.25, 0.3) is 0 Å². The highest BCUT2D eigenvalue weighted by atomic mass is 16.2. The van der Waals surface area contributed by atoms with Crippen molar-refractivity contribution in [2.24, 2.45) is 0 Å². The summed E-state index contributed by atoms with van der Waals surface area (Å²) in [4.78, 5) is 22.7. The quantitative estimate of drug-likeness (QED) is 0.450. The first-order valence-corrected chi connectivity index (χ1v) is 6.83. The van der Waals surface area contributed by atoms with Gasteiger partial charge in [0.1, 0.15) is 0 Å². The zero-order chi connectivity index (χ0) is 12.8. The Morgan fingerprint density at radius 3 is 1.44 bits per heavy atom. The number of rotatable bonds is 9. The first-order chi connectivity index (χ1) is 8.74. The maximum atomic E-state index is 11.3.